The molecule has 0 aliphatic carbocycles. The summed E-state index contributed by atoms with van der Waals surface area (Å²) in [6.07, 6.45) is 0. The van der Waals surface area contributed by atoms with E-state index >= 15 is 0 Å². The van der Waals surface area contributed by atoms with Gasteiger partial charge in [0.1, 0.15) is 11.6 Å². The van der Waals surface area contributed by atoms with Gasteiger partial charge in [-0.3, -0.25) is 0 Å². The molecule has 2 N–H and O–H groups in total. The van der Waals surface area contributed by atoms with Crippen molar-refractivity contribution >= 4 is 17.3 Å². The van der Waals surface area contributed by atoms with Crippen molar-refractivity contribution in [3.05, 3.63) is 58.4 Å². The number of hydrogen-bond donors (Lipinski definition) is 2. The Morgan fingerprint density at radius 2 is 2.00 bits per heavy atom. The second-order valence-corrected chi connectivity index (χ2v) is 4.58. The molecular formula is C14H13ClFNO. The van der Waals surface area contributed by atoms with E-state index in [2.05, 4.69) is 5.32 Å². The molecule has 18 heavy (non-hydrogen) atoms. The average Bonchev–Trinajstić information content (AvgIpc) is 2.29. The molecule has 0 aliphatic heterocycles. The van der Waals surface area contributed by atoms with Crippen molar-refractivity contribution in [2.75, 3.05) is 5.32 Å². The quantitative estimate of drug-likeness (QED) is 0.875. The zero-order valence-corrected chi connectivity index (χ0v) is 10.6. The maximum atomic E-state index is 13.1. The molecule has 0 amide bonds. The van der Waals surface area contributed by atoms with Gasteiger partial charge < -0.3 is 10.4 Å². The first-order chi connectivity index (χ1) is 8.54. The van der Waals surface area contributed by atoms with Crippen LogP contribution in [0.2, 0.25) is 5.02 Å². The van der Waals surface area contributed by atoms with Crippen molar-refractivity contribution in [3.8, 4) is 5.75 Å². The number of anilines is 1. The van der Waals surface area contributed by atoms with Crippen LogP contribution in [0, 0.1) is 12.7 Å². The van der Waals surface area contributed by atoms with E-state index in [0.717, 1.165) is 11.1 Å². The second-order valence-electron chi connectivity index (χ2n) is 4.14. The van der Waals surface area contributed by atoms with Gasteiger partial charge in [0.25, 0.3) is 0 Å². The highest BCUT2D eigenvalue weighted by molar-refractivity contribution is 6.30. The molecule has 0 fully saturated rings. The van der Waals surface area contributed by atoms with Crippen LogP contribution >= 0.6 is 11.6 Å². The third-order valence-electron chi connectivity index (χ3n) is 2.58. The Kier molecular flexibility index (Phi) is 3.72. The first-order valence-corrected chi connectivity index (χ1v) is 5.91. The number of benzene rings is 2. The Balaban J connectivity index is 2.13. The largest absolute Gasteiger partial charge is 0.508 e. The fourth-order valence-electron chi connectivity index (χ4n) is 1.71. The lowest BCUT2D eigenvalue weighted by Gasteiger charge is -2.09. The average molecular weight is 266 g/mol. The molecule has 94 valence electrons. The molecule has 0 aromatic heterocycles. The van der Waals surface area contributed by atoms with Gasteiger partial charge in [-0.1, -0.05) is 29.3 Å². The number of phenols is 1. The molecule has 0 aliphatic rings. The summed E-state index contributed by atoms with van der Waals surface area (Å²) < 4.78 is 13.1. The van der Waals surface area contributed by atoms with Crippen molar-refractivity contribution in [3.63, 3.8) is 0 Å². The lowest BCUT2D eigenvalue weighted by molar-refractivity contribution is 0.469. The molecule has 2 nitrogen and oxygen atoms in total. The van der Waals surface area contributed by atoms with Crippen molar-refractivity contribution in [2.24, 2.45) is 0 Å². The molecule has 0 saturated heterocycles. The van der Waals surface area contributed by atoms with Crippen molar-refractivity contribution in [2.45, 2.75) is 13.5 Å². The van der Waals surface area contributed by atoms with E-state index in [1.807, 2.05) is 19.1 Å². The first-order valence-electron chi connectivity index (χ1n) is 5.53. The summed E-state index contributed by atoms with van der Waals surface area (Å²) in [5.41, 5.74) is 2.40. The standard InChI is InChI=1S/C14H13ClFNO/c1-9-2-3-14(18)10(4-9)8-17-13-6-11(15)5-12(16)7-13/h2-7,17-18H,8H2,1H3. The predicted molar refractivity (Wildman–Crippen MR) is 71.6 cm³/mol. The van der Waals surface area contributed by atoms with Crippen molar-refractivity contribution in [1.82, 2.24) is 0 Å². The van der Waals surface area contributed by atoms with Gasteiger partial charge in [0.15, 0.2) is 0 Å². The topological polar surface area (TPSA) is 32.3 Å². The number of aromatic hydroxyl groups is 1. The van der Waals surface area contributed by atoms with Crippen LogP contribution in [0.3, 0.4) is 0 Å². The molecular weight excluding hydrogens is 253 g/mol. The van der Waals surface area contributed by atoms with Gasteiger partial charge >= 0.3 is 0 Å². The summed E-state index contributed by atoms with van der Waals surface area (Å²) in [5.74, 6) is -0.172. The molecule has 2 aromatic rings. The summed E-state index contributed by atoms with van der Waals surface area (Å²) in [5, 5.41) is 13.0. The maximum absolute atomic E-state index is 13.1. The molecule has 0 radical (unpaired) electrons. The number of rotatable bonds is 3. The lowest BCUT2D eigenvalue weighted by atomic mass is 10.1. The molecule has 0 saturated carbocycles. The Morgan fingerprint density at radius 1 is 1.22 bits per heavy atom. The fraction of sp³-hybridized carbons (Fsp3) is 0.143. The third kappa shape index (κ3) is 3.14. The van der Waals surface area contributed by atoms with Gasteiger partial charge in [-0.05, 0) is 31.2 Å². The summed E-state index contributed by atoms with van der Waals surface area (Å²) in [6, 6.07) is 9.60. The number of phenolic OH excluding ortho intramolecular Hbond substituents is 1. The number of hydrogen-bond acceptors (Lipinski definition) is 2. The highest BCUT2D eigenvalue weighted by Gasteiger charge is 2.03. The molecule has 0 bridgehead atoms. The number of aryl methyl sites for hydroxylation is 1. The Morgan fingerprint density at radius 3 is 2.72 bits per heavy atom. The predicted octanol–water partition coefficient (Wildman–Crippen LogP) is 4.11. The minimum Gasteiger partial charge on any atom is -0.508 e. The normalized spacial score (nSPS) is 10.4. The summed E-state index contributed by atoms with van der Waals surface area (Å²) in [7, 11) is 0. The minimum atomic E-state index is -0.390. The van der Waals surface area contributed by atoms with Gasteiger partial charge in [0, 0.05) is 22.8 Å². The van der Waals surface area contributed by atoms with Crippen LogP contribution in [0.4, 0.5) is 10.1 Å². The molecule has 0 spiro atoms. The highest BCUT2D eigenvalue weighted by atomic mass is 35.5. The van der Waals surface area contributed by atoms with E-state index in [1.54, 1.807) is 12.1 Å². The van der Waals surface area contributed by atoms with Crippen LogP contribution in [-0.4, -0.2) is 5.11 Å². The minimum absolute atomic E-state index is 0.218. The lowest BCUT2D eigenvalue weighted by Crippen LogP contribution is -2.00. The van der Waals surface area contributed by atoms with Gasteiger partial charge in [-0.25, -0.2) is 4.39 Å². The Labute approximate surface area is 110 Å². The van der Waals surface area contributed by atoms with Gasteiger partial charge in [0.05, 0.1) is 0 Å². The monoisotopic (exact) mass is 265 g/mol. The molecule has 2 rings (SSSR count). The smallest absolute Gasteiger partial charge is 0.126 e. The fourth-order valence-corrected chi connectivity index (χ4v) is 1.93. The Bertz CT molecular complexity index is 551. The molecule has 4 heteroatoms. The van der Waals surface area contributed by atoms with Crippen LogP contribution in [0.25, 0.3) is 0 Å². The van der Waals surface area contributed by atoms with E-state index in [0.29, 0.717) is 17.3 Å². The maximum Gasteiger partial charge on any atom is 0.126 e. The van der Waals surface area contributed by atoms with Gasteiger partial charge in [0.2, 0.25) is 0 Å². The molecule has 0 unspecified atom stereocenters. The summed E-state index contributed by atoms with van der Waals surface area (Å²) >= 11 is 5.76. The van der Waals surface area contributed by atoms with Crippen molar-refractivity contribution in [1.29, 1.82) is 0 Å². The van der Waals surface area contributed by atoms with Crippen LogP contribution in [0.15, 0.2) is 36.4 Å². The molecule has 0 atom stereocenters. The van der Waals surface area contributed by atoms with Crippen molar-refractivity contribution < 1.29 is 9.50 Å². The zero-order valence-electron chi connectivity index (χ0n) is 9.87. The number of nitrogens with one attached hydrogen (secondary N) is 1. The van der Waals surface area contributed by atoms with Crippen LogP contribution in [0.5, 0.6) is 5.75 Å². The van der Waals surface area contributed by atoms with E-state index in [-0.39, 0.29) is 5.75 Å². The Hall–Kier alpha value is -1.74. The molecule has 0 heterocycles. The van der Waals surface area contributed by atoms with E-state index in [9.17, 15) is 9.50 Å². The summed E-state index contributed by atoms with van der Waals surface area (Å²) in [6.45, 7) is 2.36. The first kappa shape index (κ1) is 12.7. The van der Waals surface area contributed by atoms with Gasteiger partial charge in [-0.15, -0.1) is 0 Å². The van der Waals surface area contributed by atoms with E-state index in [1.165, 1.54) is 12.1 Å². The van der Waals surface area contributed by atoms with Crippen LogP contribution < -0.4 is 5.32 Å². The zero-order chi connectivity index (χ0) is 13.1. The van der Waals surface area contributed by atoms with E-state index < -0.39 is 5.82 Å². The van der Waals surface area contributed by atoms with Crippen LogP contribution in [-0.2, 0) is 6.54 Å². The van der Waals surface area contributed by atoms with Crippen LogP contribution in [0.1, 0.15) is 11.1 Å². The number of halogens is 2. The van der Waals surface area contributed by atoms with Gasteiger partial charge in [-0.2, -0.15) is 0 Å². The SMILES string of the molecule is Cc1ccc(O)c(CNc2cc(F)cc(Cl)c2)c1. The molecule has 2 aromatic carbocycles. The second kappa shape index (κ2) is 5.27. The van der Waals surface area contributed by atoms with E-state index in [4.69, 9.17) is 11.6 Å². The third-order valence-corrected chi connectivity index (χ3v) is 2.80. The highest BCUT2D eigenvalue weighted by Crippen LogP contribution is 2.22. The summed E-state index contributed by atoms with van der Waals surface area (Å²) in [4.78, 5) is 0.